The van der Waals surface area contributed by atoms with E-state index in [2.05, 4.69) is 15.2 Å². The van der Waals surface area contributed by atoms with Gasteiger partial charge in [-0.05, 0) is 43.9 Å². The minimum Gasteiger partial charge on any atom is -0.406 e. The van der Waals surface area contributed by atoms with Crippen LogP contribution in [0.2, 0.25) is 0 Å². The van der Waals surface area contributed by atoms with Gasteiger partial charge in [-0.1, -0.05) is 12.1 Å². The van der Waals surface area contributed by atoms with E-state index in [0.29, 0.717) is 5.56 Å². The molecule has 0 radical (unpaired) electrons. The number of halogens is 3. The van der Waals surface area contributed by atoms with Crippen LogP contribution in [0, 0.1) is 0 Å². The summed E-state index contributed by atoms with van der Waals surface area (Å²) in [7, 11) is 0. The summed E-state index contributed by atoms with van der Waals surface area (Å²) in [4.78, 5) is 13.9. The molecule has 1 aromatic carbocycles. The second kappa shape index (κ2) is 7.63. The number of hydrogen-bond donors (Lipinski definition) is 2. The first-order valence-electron chi connectivity index (χ1n) is 8.64. The number of rotatable bonds is 6. The van der Waals surface area contributed by atoms with E-state index in [-0.39, 0.29) is 24.2 Å². The molecule has 1 aliphatic carbocycles. The summed E-state index contributed by atoms with van der Waals surface area (Å²) < 4.78 is 40.4. The number of carbonyl (C=O) groups is 1. The van der Waals surface area contributed by atoms with Gasteiger partial charge in [-0.3, -0.25) is 4.79 Å². The third-order valence-corrected chi connectivity index (χ3v) is 4.66. The number of nitrogens with one attached hydrogen (secondary N) is 1. The van der Waals surface area contributed by atoms with Gasteiger partial charge in [0, 0.05) is 6.04 Å². The molecule has 0 bridgehead atoms. The number of hydrazone groups is 1. The Hall–Kier alpha value is -2.49. The Morgan fingerprint density at radius 3 is 2.59 bits per heavy atom. The van der Waals surface area contributed by atoms with E-state index in [1.807, 2.05) is 0 Å². The fraction of sp³-hybridized carbons (Fsp3) is 0.529. The van der Waals surface area contributed by atoms with E-state index in [9.17, 15) is 23.1 Å². The van der Waals surface area contributed by atoms with Crippen molar-refractivity contribution in [3.63, 3.8) is 0 Å². The van der Waals surface area contributed by atoms with Crippen molar-refractivity contribution < 1.29 is 27.8 Å². The molecule has 1 unspecified atom stereocenters. The van der Waals surface area contributed by atoms with Crippen LogP contribution in [0.15, 0.2) is 29.4 Å². The van der Waals surface area contributed by atoms with Crippen molar-refractivity contribution in [2.45, 2.75) is 51.0 Å². The monoisotopic (exact) mass is 386 g/mol. The smallest absolute Gasteiger partial charge is 0.406 e. The lowest BCUT2D eigenvalue weighted by Gasteiger charge is -2.37. The molecule has 1 fully saturated rings. The lowest BCUT2D eigenvalue weighted by molar-refractivity contribution is -0.274. The van der Waals surface area contributed by atoms with Crippen molar-refractivity contribution in [2.75, 3.05) is 6.54 Å². The van der Waals surface area contributed by atoms with Gasteiger partial charge in [-0.15, -0.1) is 13.2 Å². The van der Waals surface area contributed by atoms with Gasteiger partial charge >= 0.3 is 6.36 Å². The minimum absolute atomic E-state index is 0.125. The Morgan fingerprint density at radius 2 is 2.04 bits per heavy atom. The third-order valence-electron chi connectivity index (χ3n) is 4.66. The van der Waals surface area contributed by atoms with Gasteiger partial charge in [0.15, 0.2) is 0 Å². The summed E-state index contributed by atoms with van der Waals surface area (Å²) in [5.74, 6) is -0.680. The number of aliphatic hydroxyl groups is 1. The molecule has 10 heteroatoms. The second-order valence-electron chi connectivity index (χ2n) is 6.61. The normalized spacial score (nSPS) is 21.1. The first kappa shape index (κ1) is 19.3. The Balaban J connectivity index is 1.49. The number of amides is 1. The standard InChI is InChI=1S/C17H21F3N4O3/c1-11(12-5-7-14(8-6-12)27-17(18,19)20)22-15(25)9-24-16(26)23(10-21-24)13-3-2-4-13/h5-8,10-11,13,16,26H,2-4,9H2,1H3,(H,22,25)/t11-,16?/m0/s1. The molecule has 0 spiro atoms. The number of alkyl halides is 3. The average Bonchev–Trinajstić information content (AvgIpc) is 2.86. The average molecular weight is 386 g/mol. The summed E-state index contributed by atoms with van der Waals surface area (Å²) in [6.07, 6.45) is -1.05. The van der Waals surface area contributed by atoms with Crippen LogP contribution in [0.4, 0.5) is 13.2 Å². The molecule has 0 aromatic heterocycles. The second-order valence-corrected chi connectivity index (χ2v) is 6.61. The van der Waals surface area contributed by atoms with Crippen LogP contribution in [0.5, 0.6) is 5.75 Å². The number of hydrogen-bond acceptors (Lipinski definition) is 6. The Morgan fingerprint density at radius 1 is 1.37 bits per heavy atom. The molecule has 27 heavy (non-hydrogen) atoms. The van der Waals surface area contributed by atoms with Crippen LogP contribution in [-0.2, 0) is 4.79 Å². The third kappa shape index (κ3) is 4.82. The summed E-state index contributed by atoms with van der Waals surface area (Å²) >= 11 is 0. The van der Waals surface area contributed by atoms with Crippen molar-refractivity contribution in [2.24, 2.45) is 5.10 Å². The highest BCUT2D eigenvalue weighted by Crippen LogP contribution is 2.28. The molecule has 2 atom stereocenters. The first-order chi connectivity index (χ1) is 12.7. The van der Waals surface area contributed by atoms with Crippen molar-refractivity contribution >= 4 is 12.2 Å². The molecule has 2 aliphatic rings. The fourth-order valence-electron chi connectivity index (χ4n) is 2.97. The quantitative estimate of drug-likeness (QED) is 0.784. The van der Waals surface area contributed by atoms with Crippen LogP contribution >= 0.6 is 0 Å². The maximum atomic E-state index is 12.2. The molecule has 7 nitrogen and oxygen atoms in total. The fourth-order valence-corrected chi connectivity index (χ4v) is 2.97. The number of benzene rings is 1. The lowest BCUT2D eigenvalue weighted by atomic mass is 9.92. The molecular weight excluding hydrogens is 365 g/mol. The minimum atomic E-state index is -4.74. The largest absolute Gasteiger partial charge is 0.573 e. The highest BCUT2D eigenvalue weighted by Gasteiger charge is 2.35. The number of aliphatic hydroxyl groups excluding tert-OH is 1. The zero-order chi connectivity index (χ0) is 19.6. The van der Waals surface area contributed by atoms with Crippen LogP contribution < -0.4 is 10.1 Å². The molecule has 3 rings (SSSR count). The van der Waals surface area contributed by atoms with Gasteiger partial charge < -0.3 is 20.1 Å². The van der Waals surface area contributed by atoms with Gasteiger partial charge in [0.05, 0.1) is 6.04 Å². The maximum absolute atomic E-state index is 12.2. The van der Waals surface area contributed by atoms with E-state index in [1.165, 1.54) is 29.3 Å². The van der Waals surface area contributed by atoms with Crippen LogP contribution in [0.1, 0.15) is 37.8 Å². The van der Waals surface area contributed by atoms with Gasteiger partial charge in [0.2, 0.25) is 12.3 Å². The zero-order valence-electron chi connectivity index (χ0n) is 14.7. The highest BCUT2D eigenvalue weighted by molar-refractivity contribution is 5.78. The Labute approximate surface area is 154 Å². The van der Waals surface area contributed by atoms with Crippen molar-refractivity contribution in [3.05, 3.63) is 29.8 Å². The summed E-state index contributed by atoms with van der Waals surface area (Å²) in [6.45, 7) is 1.59. The van der Waals surface area contributed by atoms with Gasteiger partial charge in [-0.2, -0.15) is 5.10 Å². The van der Waals surface area contributed by atoms with E-state index >= 15 is 0 Å². The van der Waals surface area contributed by atoms with Gasteiger partial charge in [-0.25, -0.2) is 5.01 Å². The molecule has 1 aromatic rings. The molecule has 1 heterocycles. The lowest BCUT2D eigenvalue weighted by Crippen LogP contribution is -2.49. The van der Waals surface area contributed by atoms with Crippen LogP contribution in [-0.4, -0.2) is 52.6 Å². The molecule has 148 valence electrons. The predicted molar refractivity (Wildman–Crippen MR) is 90.4 cm³/mol. The van der Waals surface area contributed by atoms with Crippen molar-refractivity contribution in [1.29, 1.82) is 0 Å². The topological polar surface area (TPSA) is 77.4 Å². The maximum Gasteiger partial charge on any atom is 0.573 e. The molecular formula is C17H21F3N4O3. The predicted octanol–water partition coefficient (Wildman–Crippen LogP) is 2.15. The first-order valence-corrected chi connectivity index (χ1v) is 8.64. The molecule has 2 N–H and O–H groups in total. The van der Waals surface area contributed by atoms with Crippen molar-refractivity contribution in [1.82, 2.24) is 15.2 Å². The molecule has 1 saturated carbocycles. The summed E-state index contributed by atoms with van der Waals surface area (Å²) in [6, 6.07) is 5.12. The van der Waals surface area contributed by atoms with E-state index < -0.39 is 18.8 Å². The van der Waals surface area contributed by atoms with Gasteiger partial charge in [0.25, 0.3) is 0 Å². The Bertz CT molecular complexity index is 692. The Kier molecular flexibility index (Phi) is 5.45. The van der Waals surface area contributed by atoms with Crippen LogP contribution in [0.25, 0.3) is 0 Å². The number of nitrogens with zero attached hydrogens (tertiary/aromatic N) is 3. The summed E-state index contributed by atoms with van der Waals surface area (Å²) in [5, 5.41) is 18.3. The zero-order valence-corrected chi connectivity index (χ0v) is 14.7. The SMILES string of the molecule is C[C@H](NC(=O)CN1N=CN(C2CCC2)C1O)c1ccc(OC(F)(F)F)cc1. The highest BCUT2D eigenvalue weighted by atomic mass is 19.4. The molecule has 0 saturated heterocycles. The van der Waals surface area contributed by atoms with E-state index in [0.717, 1.165) is 19.3 Å². The summed E-state index contributed by atoms with van der Waals surface area (Å²) in [5.41, 5.74) is 0.624. The van der Waals surface area contributed by atoms with Crippen LogP contribution in [0.3, 0.4) is 0 Å². The van der Waals surface area contributed by atoms with E-state index in [4.69, 9.17) is 0 Å². The molecule has 1 amide bonds. The number of carbonyl (C=O) groups excluding carboxylic acids is 1. The molecule has 1 aliphatic heterocycles. The number of ether oxygens (including phenoxy) is 1. The van der Waals surface area contributed by atoms with Gasteiger partial charge in [0.1, 0.15) is 18.6 Å². The van der Waals surface area contributed by atoms with Crippen molar-refractivity contribution in [3.8, 4) is 5.75 Å². The van der Waals surface area contributed by atoms with E-state index in [1.54, 1.807) is 18.2 Å².